The van der Waals surface area contributed by atoms with Gasteiger partial charge in [-0.15, -0.1) is 5.73 Å². The third kappa shape index (κ3) is 5.97. The highest BCUT2D eigenvalue weighted by molar-refractivity contribution is 7.51. The Hall–Kier alpha value is -2.79. The second-order valence-electron chi connectivity index (χ2n) is 5.28. The van der Waals surface area contributed by atoms with Crippen LogP contribution in [-0.2, 0) is 6.42 Å². The lowest BCUT2D eigenvalue weighted by atomic mass is 10.1. The molecule has 0 N–H and O–H groups in total. The summed E-state index contributed by atoms with van der Waals surface area (Å²) in [5.41, 5.74) is 4.45. The molecule has 124 valence electrons. The number of benzene rings is 3. The van der Waals surface area contributed by atoms with Crippen LogP contribution in [0.2, 0.25) is 0 Å². The second kappa shape index (κ2) is 9.49. The van der Waals surface area contributed by atoms with E-state index >= 15 is 0 Å². The van der Waals surface area contributed by atoms with E-state index in [-0.39, 0.29) is 0 Å². The normalized spacial score (nSPS) is 9.96. The molecule has 0 amide bonds. The first-order chi connectivity index (χ1) is 12.4. The molecular formula is C22H19O2P. The van der Waals surface area contributed by atoms with Crippen LogP contribution in [0.1, 0.15) is 5.56 Å². The second-order valence-corrected chi connectivity index (χ2v) is 6.48. The van der Waals surface area contributed by atoms with Crippen molar-refractivity contribution in [3.8, 4) is 11.5 Å². The van der Waals surface area contributed by atoms with Crippen LogP contribution in [0.4, 0.5) is 0 Å². The van der Waals surface area contributed by atoms with Gasteiger partial charge in [0.2, 0.25) is 0 Å². The number of hydrogen-bond acceptors (Lipinski definition) is 2. The Kier molecular flexibility index (Phi) is 6.47. The molecule has 0 unspecified atom stereocenters. The summed E-state index contributed by atoms with van der Waals surface area (Å²) < 4.78 is 12.0. The molecule has 2 nitrogen and oxygen atoms in total. The van der Waals surface area contributed by atoms with E-state index in [1.54, 1.807) is 0 Å². The van der Waals surface area contributed by atoms with Crippen molar-refractivity contribution in [3.63, 3.8) is 0 Å². The van der Waals surface area contributed by atoms with Crippen LogP contribution in [0.3, 0.4) is 0 Å². The lowest BCUT2D eigenvalue weighted by Crippen LogP contribution is -1.92. The largest absolute Gasteiger partial charge is 0.435 e. The molecule has 3 rings (SSSR count). The lowest BCUT2D eigenvalue weighted by molar-refractivity contribution is 0.501. The molecule has 0 aliphatic carbocycles. The average molecular weight is 346 g/mol. The highest BCUT2D eigenvalue weighted by Crippen LogP contribution is 2.41. The molecule has 3 aromatic carbocycles. The van der Waals surface area contributed by atoms with Crippen LogP contribution < -0.4 is 9.05 Å². The standard InChI is InChI=1S/C22H19O2P/c1-4-12-20(13-5-1)14-10-11-19-25(23-21-15-6-2-7-16-21)24-22-17-8-3-9-18-22/h1-10,12-13,15-19H,14H2. The highest BCUT2D eigenvalue weighted by atomic mass is 31.2. The van der Waals surface area contributed by atoms with Crippen molar-refractivity contribution in [3.05, 3.63) is 114 Å². The molecule has 3 heteroatoms. The summed E-state index contributed by atoms with van der Waals surface area (Å²) in [5.74, 6) is 3.43. The van der Waals surface area contributed by atoms with Crippen molar-refractivity contribution in [2.24, 2.45) is 0 Å². The predicted octanol–water partition coefficient (Wildman–Crippen LogP) is 6.37. The monoisotopic (exact) mass is 346 g/mol. The zero-order valence-electron chi connectivity index (χ0n) is 13.8. The Morgan fingerprint density at radius 3 is 1.68 bits per heavy atom. The smallest absolute Gasteiger partial charge is 0.326 e. The Labute approximate surface area is 150 Å². The van der Waals surface area contributed by atoms with Gasteiger partial charge in [-0.1, -0.05) is 66.7 Å². The molecule has 0 radical (unpaired) electrons. The molecule has 0 aromatic heterocycles. The fourth-order valence-corrected chi connectivity index (χ4v) is 3.18. The summed E-state index contributed by atoms with van der Waals surface area (Å²) in [6.45, 7) is 0. The zero-order chi connectivity index (χ0) is 17.2. The summed E-state index contributed by atoms with van der Waals surface area (Å²) in [4.78, 5) is 0. The van der Waals surface area contributed by atoms with Crippen LogP contribution in [0, 0.1) is 0 Å². The maximum Gasteiger partial charge on any atom is 0.326 e. The van der Waals surface area contributed by atoms with Crippen LogP contribution in [0.25, 0.3) is 0 Å². The Morgan fingerprint density at radius 1 is 0.680 bits per heavy atom. The lowest BCUT2D eigenvalue weighted by Gasteiger charge is -2.14. The zero-order valence-corrected chi connectivity index (χ0v) is 14.7. The Bertz CT molecular complexity index is 769. The first-order valence-corrected chi connectivity index (χ1v) is 9.35. The van der Waals surface area contributed by atoms with Gasteiger partial charge in [0.05, 0.1) is 5.82 Å². The fourth-order valence-electron chi connectivity index (χ4n) is 2.15. The van der Waals surface area contributed by atoms with Crippen molar-refractivity contribution < 1.29 is 9.05 Å². The summed E-state index contributed by atoms with van der Waals surface area (Å²) in [6.07, 6.45) is 2.82. The van der Waals surface area contributed by atoms with Crippen LogP contribution in [-0.4, -0.2) is 0 Å². The van der Waals surface area contributed by atoms with Crippen molar-refractivity contribution >= 4 is 8.38 Å². The van der Waals surface area contributed by atoms with Crippen LogP contribution in [0.15, 0.2) is 109 Å². The minimum absolute atomic E-state index is 0.783. The van der Waals surface area contributed by atoms with E-state index in [4.69, 9.17) is 9.05 Å². The van der Waals surface area contributed by atoms with Gasteiger partial charge >= 0.3 is 8.38 Å². The van der Waals surface area contributed by atoms with Gasteiger partial charge in [-0.25, -0.2) is 0 Å². The van der Waals surface area contributed by atoms with Gasteiger partial charge in [-0.3, -0.25) is 0 Å². The van der Waals surface area contributed by atoms with Gasteiger partial charge < -0.3 is 9.05 Å². The van der Waals surface area contributed by atoms with E-state index in [0.29, 0.717) is 0 Å². The van der Waals surface area contributed by atoms with Gasteiger partial charge in [-0.2, -0.15) is 0 Å². The van der Waals surface area contributed by atoms with Crippen molar-refractivity contribution in [2.75, 3.05) is 0 Å². The first kappa shape index (κ1) is 17.0. The highest BCUT2D eigenvalue weighted by Gasteiger charge is 2.10. The van der Waals surface area contributed by atoms with E-state index in [1.807, 2.05) is 90.8 Å². The minimum Gasteiger partial charge on any atom is -0.435 e. The van der Waals surface area contributed by atoms with E-state index in [2.05, 4.69) is 17.9 Å². The molecule has 0 aliphatic heterocycles. The number of rotatable bonds is 7. The third-order valence-electron chi connectivity index (χ3n) is 3.36. The molecule has 0 aliphatic rings. The summed E-state index contributed by atoms with van der Waals surface area (Å²) in [7, 11) is -1.26. The summed E-state index contributed by atoms with van der Waals surface area (Å²) in [6, 6.07) is 29.7. The minimum atomic E-state index is -1.26. The van der Waals surface area contributed by atoms with Crippen molar-refractivity contribution in [1.29, 1.82) is 0 Å². The molecule has 0 saturated carbocycles. The number of hydrogen-bond donors (Lipinski definition) is 0. The quantitative estimate of drug-likeness (QED) is 0.366. The maximum atomic E-state index is 5.98. The molecular weight excluding hydrogens is 327 g/mol. The molecule has 25 heavy (non-hydrogen) atoms. The van der Waals surface area contributed by atoms with E-state index in [9.17, 15) is 0 Å². The van der Waals surface area contributed by atoms with Crippen LogP contribution >= 0.6 is 8.38 Å². The summed E-state index contributed by atoms with van der Waals surface area (Å²) >= 11 is 0. The molecule has 0 fully saturated rings. The van der Waals surface area contributed by atoms with Gasteiger partial charge in [0, 0.05) is 0 Å². The topological polar surface area (TPSA) is 18.5 Å². The van der Waals surface area contributed by atoms with Crippen molar-refractivity contribution in [1.82, 2.24) is 0 Å². The molecule has 0 saturated heterocycles. The van der Waals surface area contributed by atoms with Gasteiger partial charge in [0.1, 0.15) is 11.5 Å². The van der Waals surface area contributed by atoms with Gasteiger partial charge in [0.15, 0.2) is 0 Å². The Morgan fingerprint density at radius 2 is 1.16 bits per heavy atom. The van der Waals surface area contributed by atoms with E-state index in [1.165, 1.54) is 5.56 Å². The predicted molar refractivity (Wildman–Crippen MR) is 104 cm³/mol. The summed E-state index contributed by atoms with van der Waals surface area (Å²) in [5, 5.41) is 0. The van der Waals surface area contributed by atoms with Gasteiger partial charge in [0.25, 0.3) is 0 Å². The molecule has 0 spiro atoms. The first-order valence-electron chi connectivity index (χ1n) is 8.10. The number of para-hydroxylation sites is 2. The fraction of sp³-hybridized carbons (Fsp3) is 0.0455. The van der Waals surface area contributed by atoms with Crippen molar-refractivity contribution in [2.45, 2.75) is 6.42 Å². The third-order valence-corrected chi connectivity index (χ3v) is 4.50. The molecule has 3 aromatic rings. The van der Waals surface area contributed by atoms with E-state index < -0.39 is 8.38 Å². The maximum absolute atomic E-state index is 5.98. The number of allylic oxidation sites excluding steroid dienone is 1. The molecule has 0 bridgehead atoms. The van der Waals surface area contributed by atoms with E-state index in [0.717, 1.165) is 17.9 Å². The van der Waals surface area contributed by atoms with Crippen LogP contribution in [0.5, 0.6) is 11.5 Å². The average Bonchev–Trinajstić information content (AvgIpc) is 2.67. The van der Waals surface area contributed by atoms with Gasteiger partial charge in [-0.05, 0) is 42.3 Å². The molecule has 0 heterocycles. The molecule has 0 atom stereocenters. The SMILES string of the molecule is C(=CCc1ccccc1)=CP(Oc1ccccc1)Oc1ccccc1. The Balaban J connectivity index is 1.70.